The van der Waals surface area contributed by atoms with Crippen LogP contribution in [0.25, 0.3) is 0 Å². The van der Waals surface area contributed by atoms with E-state index < -0.39 is 17.7 Å². The molecule has 0 bridgehead atoms. The first kappa shape index (κ1) is 17.7. The molecule has 0 radical (unpaired) electrons. The van der Waals surface area contributed by atoms with Gasteiger partial charge in [0.15, 0.2) is 0 Å². The number of benzene rings is 2. The molecule has 2 rings (SSSR count). The third-order valence-corrected chi connectivity index (χ3v) is 3.55. The molecule has 0 saturated heterocycles. The normalized spacial score (nSPS) is 11.3. The summed E-state index contributed by atoms with van der Waals surface area (Å²) in [6.45, 7) is 2.00. The first-order valence-electron chi connectivity index (χ1n) is 7.15. The van der Waals surface area contributed by atoms with E-state index in [1.807, 2.05) is 0 Å². The smallest absolute Gasteiger partial charge is 0.416 e. The largest absolute Gasteiger partial charge is 0.507 e. The van der Waals surface area contributed by atoms with Crippen LogP contribution < -0.4 is 5.32 Å². The molecule has 2 aromatic rings. The quantitative estimate of drug-likeness (QED) is 0.718. The van der Waals surface area contributed by atoms with Crippen LogP contribution in [0.5, 0.6) is 5.75 Å². The molecule has 0 unspecified atom stereocenters. The molecule has 0 aliphatic heterocycles. The van der Waals surface area contributed by atoms with Gasteiger partial charge in [0.25, 0.3) is 0 Å². The summed E-state index contributed by atoms with van der Waals surface area (Å²) in [4.78, 5) is 11.1. The van der Waals surface area contributed by atoms with Crippen LogP contribution in [0.2, 0.25) is 0 Å². The van der Waals surface area contributed by atoms with Crippen molar-refractivity contribution in [3.8, 4) is 5.75 Å². The Morgan fingerprint density at radius 1 is 1.17 bits per heavy atom. The van der Waals surface area contributed by atoms with Crippen LogP contribution in [0, 0.1) is 6.92 Å². The Labute approximate surface area is 136 Å². The molecule has 0 heterocycles. The number of nitrogens with one attached hydrogen (secondary N) is 1. The van der Waals surface area contributed by atoms with Gasteiger partial charge >= 0.3 is 12.1 Å². The van der Waals surface area contributed by atoms with E-state index in [-0.39, 0.29) is 11.3 Å². The molecule has 0 aliphatic carbocycles. The molecule has 128 valence electrons. The van der Waals surface area contributed by atoms with Gasteiger partial charge in [-0.1, -0.05) is 12.1 Å². The predicted octanol–water partition coefficient (Wildman–Crippen LogP) is 4.07. The van der Waals surface area contributed by atoms with E-state index in [0.717, 1.165) is 17.7 Å². The average molecular weight is 339 g/mol. The zero-order chi connectivity index (χ0) is 17.9. The molecular formula is C17H16F3NO3. The number of carbonyl (C=O) groups is 1. The fraction of sp³-hybridized carbons (Fsp3) is 0.235. The number of rotatable bonds is 5. The van der Waals surface area contributed by atoms with Gasteiger partial charge in [0, 0.05) is 12.2 Å². The predicted molar refractivity (Wildman–Crippen MR) is 83.4 cm³/mol. The van der Waals surface area contributed by atoms with Crippen LogP contribution in [0.15, 0.2) is 36.4 Å². The molecule has 0 aliphatic rings. The van der Waals surface area contributed by atoms with E-state index >= 15 is 0 Å². The molecule has 0 fully saturated rings. The maximum Gasteiger partial charge on any atom is 0.416 e. The van der Waals surface area contributed by atoms with E-state index in [1.54, 1.807) is 13.0 Å². The Balaban J connectivity index is 2.01. The van der Waals surface area contributed by atoms with Gasteiger partial charge in [0.1, 0.15) is 11.3 Å². The van der Waals surface area contributed by atoms with Crippen LogP contribution >= 0.6 is 0 Å². The van der Waals surface area contributed by atoms with E-state index in [2.05, 4.69) is 5.32 Å². The summed E-state index contributed by atoms with van der Waals surface area (Å²) in [6.07, 6.45) is -3.88. The summed E-state index contributed by atoms with van der Waals surface area (Å²) in [5.74, 6) is -1.52. The zero-order valence-electron chi connectivity index (χ0n) is 12.8. The molecule has 0 aromatic heterocycles. The maximum absolute atomic E-state index is 12.5. The van der Waals surface area contributed by atoms with E-state index in [1.165, 1.54) is 18.2 Å². The number of hydrogen-bond acceptors (Lipinski definition) is 3. The van der Waals surface area contributed by atoms with E-state index in [0.29, 0.717) is 24.2 Å². The van der Waals surface area contributed by atoms with E-state index in [4.69, 9.17) is 5.11 Å². The van der Waals surface area contributed by atoms with Gasteiger partial charge in [-0.2, -0.15) is 13.2 Å². The SMILES string of the molecule is Cc1cc(NCCc2ccc(C(F)(F)F)cc2)cc(C(=O)O)c1O. The fourth-order valence-corrected chi connectivity index (χ4v) is 2.26. The number of halogens is 3. The average Bonchev–Trinajstić information content (AvgIpc) is 2.50. The minimum Gasteiger partial charge on any atom is -0.507 e. The Kier molecular flexibility index (Phi) is 5.02. The first-order valence-corrected chi connectivity index (χ1v) is 7.15. The van der Waals surface area contributed by atoms with Crippen molar-refractivity contribution in [2.75, 3.05) is 11.9 Å². The van der Waals surface area contributed by atoms with Crippen LogP contribution in [0.1, 0.15) is 27.0 Å². The van der Waals surface area contributed by atoms with Gasteiger partial charge in [0.2, 0.25) is 0 Å². The highest BCUT2D eigenvalue weighted by Crippen LogP contribution is 2.29. The van der Waals surface area contributed by atoms with Gasteiger partial charge in [-0.05, 0) is 48.7 Å². The Morgan fingerprint density at radius 2 is 1.79 bits per heavy atom. The molecule has 24 heavy (non-hydrogen) atoms. The topological polar surface area (TPSA) is 69.6 Å². The number of aromatic carboxylic acids is 1. The molecule has 0 spiro atoms. The minimum atomic E-state index is -4.35. The van der Waals surface area contributed by atoms with E-state index in [9.17, 15) is 23.1 Å². The van der Waals surface area contributed by atoms with Gasteiger partial charge < -0.3 is 15.5 Å². The molecule has 7 heteroatoms. The van der Waals surface area contributed by atoms with Crippen molar-refractivity contribution < 1.29 is 28.2 Å². The van der Waals surface area contributed by atoms with Crippen molar-refractivity contribution in [1.29, 1.82) is 0 Å². The Hall–Kier alpha value is -2.70. The summed E-state index contributed by atoms with van der Waals surface area (Å²) < 4.78 is 37.5. The van der Waals surface area contributed by atoms with Crippen LogP contribution in [-0.2, 0) is 12.6 Å². The van der Waals surface area contributed by atoms with Crippen LogP contribution in [0.3, 0.4) is 0 Å². The van der Waals surface area contributed by atoms with Crippen LogP contribution in [-0.4, -0.2) is 22.7 Å². The minimum absolute atomic E-state index is 0.202. The molecule has 0 amide bonds. The summed E-state index contributed by atoms with van der Waals surface area (Å²) >= 11 is 0. The number of carboxylic acid groups (broad SMARTS) is 1. The van der Waals surface area contributed by atoms with Crippen molar-refractivity contribution in [3.63, 3.8) is 0 Å². The van der Waals surface area contributed by atoms with Crippen molar-refractivity contribution in [1.82, 2.24) is 0 Å². The Bertz CT molecular complexity index is 740. The number of hydrogen-bond donors (Lipinski definition) is 3. The second kappa shape index (κ2) is 6.82. The number of carboxylic acids is 1. The molecular weight excluding hydrogens is 323 g/mol. The highest BCUT2D eigenvalue weighted by molar-refractivity contribution is 5.92. The standard InChI is InChI=1S/C17H16F3NO3/c1-10-8-13(9-14(15(10)22)16(23)24)21-7-6-11-2-4-12(5-3-11)17(18,19)20/h2-5,8-9,21-22H,6-7H2,1H3,(H,23,24). The van der Waals surface area contributed by atoms with Gasteiger partial charge in [0.05, 0.1) is 5.56 Å². The second-order valence-corrected chi connectivity index (χ2v) is 5.37. The number of alkyl halides is 3. The summed E-state index contributed by atoms with van der Waals surface area (Å²) in [6, 6.07) is 7.81. The zero-order valence-corrected chi connectivity index (χ0v) is 12.8. The van der Waals surface area contributed by atoms with Crippen molar-refractivity contribution >= 4 is 11.7 Å². The fourth-order valence-electron chi connectivity index (χ4n) is 2.26. The summed E-state index contributed by atoms with van der Waals surface area (Å²) in [5.41, 5.74) is 0.775. The molecule has 3 N–H and O–H groups in total. The lowest BCUT2D eigenvalue weighted by atomic mass is 10.1. The maximum atomic E-state index is 12.5. The lowest BCUT2D eigenvalue weighted by Gasteiger charge is -2.11. The number of anilines is 1. The highest BCUT2D eigenvalue weighted by atomic mass is 19.4. The number of aryl methyl sites for hydroxylation is 1. The monoisotopic (exact) mass is 339 g/mol. The molecule has 0 saturated carbocycles. The van der Waals surface area contributed by atoms with Crippen molar-refractivity contribution in [3.05, 3.63) is 58.7 Å². The molecule has 0 atom stereocenters. The Morgan fingerprint density at radius 3 is 2.33 bits per heavy atom. The first-order chi connectivity index (χ1) is 11.2. The molecule has 2 aromatic carbocycles. The second-order valence-electron chi connectivity index (χ2n) is 5.37. The number of aromatic hydroxyl groups is 1. The third kappa shape index (κ3) is 4.18. The highest BCUT2D eigenvalue weighted by Gasteiger charge is 2.29. The summed E-state index contributed by atoms with van der Waals surface area (Å²) in [7, 11) is 0. The van der Waals surface area contributed by atoms with Crippen molar-refractivity contribution in [2.45, 2.75) is 19.5 Å². The lowest BCUT2D eigenvalue weighted by Crippen LogP contribution is -2.08. The molecule has 4 nitrogen and oxygen atoms in total. The van der Waals surface area contributed by atoms with Crippen LogP contribution in [0.4, 0.5) is 18.9 Å². The third-order valence-electron chi connectivity index (χ3n) is 3.55. The van der Waals surface area contributed by atoms with Crippen molar-refractivity contribution in [2.24, 2.45) is 0 Å². The number of phenols is 1. The lowest BCUT2D eigenvalue weighted by molar-refractivity contribution is -0.137. The van der Waals surface area contributed by atoms with Gasteiger partial charge in [-0.3, -0.25) is 0 Å². The van der Waals surface area contributed by atoms with Gasteiger partial charge in [-0.15, -0.1) is 0 Å². The van der Waals surface area contributed by atoms with Gasteiger partial charge in [-0.25, -0.2) is 4.79 Å². The summed E-state index contributed by atoms with van der Waals surface area (Å²) in [5, 5.41) is 21.7.